The highest BCUT2D eigenvalue weighted by atomic mass is 35.5. The largest absolute Gasteiger partial charge is 0.369 e. The van der Waals surface area contributed by atoms with Crippen LogP contribution >= 0.6 is 23.2 Å². The molecule has 0 spiro atoms. The maximum atomic E-state index is 9.12. The molecular formula is C14H8Cl2N4. The summed E-state index contributed by atoms with van der Waals surface area (Å²) in [5.74, 6) is 0.256. The monoisotopic (exact) mass is 302 g/mol. The van der Waals surface area contributed by atoms with Gasteiger partial charge in [-0.3, -0.25) is 4.57 Å². The van der Waals surface area contributed by atoms with Gasteiger partial charge in [0, 0.05) is 5.02 Å². The zero-order valence-corrected chi connectivity index (χ0v) is 11.7. The summed E-state index contributed by atoms with van der Waals surface area (Å²) in [6, 6.07) is 12.5. The molecule has 3 rings (SSSR count). The van der Waals surface area contributed by atoms with Crippen LogP contribution in [-0.4, -0.2) is 9.55 Å². The highest BCUT2D eigenvalue weighted by molar-refractivity contribution is 6.34. The number of nitrogen functional groups attached to an aromatic ring is 1. The number of rotatable bonds is 1. The standard InChI is InChI=1S/C14H8Cl2N4/c15-9-4-5-10(16)12(6-9)20-11-3-1-2-8(7-17)13(11)19-14(20)18/h1-6H,(H2,18,19). The van der Waals surface area contributed by atoms with Crippen LogP contribution in [0.25, 0.3) is 16.7 Å². The first kappa shape index (κ1) is 12.8. The van der Waals surface area contributed by atoms with E-state index < -0.39 is 0 Å². The number of nitriles is 1. The van der Waals surface area contributed by atoms with Crippen molar-refractivity contribution >= 4 is 40.2 Å². The van der Waals surface area contributed by atoms with Crippen molar-refractivity contribution in [3.05, 3.63) is 52.0 Å². The van der Waals surface area contributed by atoms with Crippen LogP contribution in [-0.2, 0) is 0 Å². The first-order valence-corrected chi connectivity index (χ1v) is 6.50. The lowest BCUT2D eigenvalue weighted by molar-refractivity contribution is 1.11. The summed E-state index contributed by atoms with van der Waals surface area (Å²) in [6.45, 7) is 0. The van der Waals surface area contributed by atoms with Crippen LogP contribution in [0.4, 0.5) is 5.95 Å². The lowest BCUT2D eigenvalue weighted by atomic mass is 10.2. The van der Waals surface area contributed by atoms with E-state index in [0.29, 0.717) is 32.3 Å². The molecule has 2 aromatic carbocycles. The Hall–Kier alpha value is -2.22. The predicted octanol–water partition coefficient (Wildman–Crippen LogP) is 3.79. The molecule has 0 radical (unpaired) electrons. The van der Waals surface area contributed by atoms with Gasteiger partial charge in [0.05, 0.1) is 21.8 Å². The van der Waals surface area contributed by atoms with Gasteiger partial charge in [0.1, 0.15) is 11.6 Å². The second kappa shape index (κ2) is 4.71. The predicted molar refractivity (Wildman–Crippen MR) is 80.2 cm³/mol. The molecule has 0 fully saturated rings. The Morgan fingerprint density at radius 3 is 2.75 bits per heavy atom. The molecule has 0 aliphatic carbocycles. The molecule has 98 valence electrons. The van der Waals surface area contributed by atoms with E-state index in [2.05, 4.69) is 11.1 Å². The quantitative estimate of drug-likeness (QED) is 0.743. The topological polar surface area (TPSA) is 67.6 Å². The molecular weight excluding hydrogens is 295 g/mol. The van der Waals surface area contributed by atoms with E-state index in [-0.39, 0.29) is 5.95 Å². The zero-order valence-electron chi connectivity index (χ0n) is 10.1. The number of nitrogens with two attached hydrogens (primary N) is 1. The van der Waals surface area contributed by atoms with Gasteiger partial charge in [0.15, 0.2) is 0 Å². The summed E-state index contributed by atoms with van der Waals surface area (Å²) >= 11 is 12.2. The Kier molecular flexibility index (Phi) is 3.01. The Morgan fingerprint density at radius 2 is 2.00 bits per heavy atom. The van der Waals surface area contributed by atoms with Crippen molar-refractivity contribution in [3.63, 3.8) is 0 Å². The third-order valence-electron chi connectivity index (χ3n) is 2.98. The molecule has 0 aliphatic heterocycles. The van der Waals surface area contributed by atoms with Crippen molar-refractivity contribution in [1.29, 1.82) is 5.26 Å². The fourth-order valence-corrected chi connectivity index (χ4v) is 2.49. The van der Waals surface area contributed by atoms with E-state index in [4.69, 9.17) is 34.2 Å². The lowest BCUT2D eigenvalue weighted by Crippen LogP contribution is -2.01. The van der Waals surface area contributed by atoms with Gasteiger partial charge in [0.2, 0.25) is 5.95 Å². The van der Waals surface area contributed by atoms with E-state index in [9.17, 15) is 0 Å². The van der Waals surface area contributed by atoms with E-state index >= 15 is 0 Å². The Bertz CT molecular complexity index is 861. The van der Waals surface area contributed by atoms with Crippen molar-refractivity contribution < 1.29 is 0 Å². The molecule has 0 saturated carbocycles. The van der Waals surface area contributed by atoms with E-state index in [1.807, 2.05) is 6.07 Å². The normalized spacial score (nSPS) is 10.7. The fourth-order valence-electron chi connectivity index (χ4n) is 2.12. The number of hydrogen-bond acceptors (Lipinski definition) is 3. The smallest absolute Gasteiger partial charge is 0.206 e. The van der Waals surface area contributed by atoms with Gasteiger partial charge in [-0.15, -0.1) is 0 Å². The van der Waals surface area contributed by atoms with Crippen LogP contribution in [0.1, 0.15) is 5.56 Å². The Balaban J connectivity index is 2.40. The molecule has 3 aromatic rings. The zero-order chi connectivity index (χ0) is 14.3. The van der Waals surface area contributed by atoms with Crippen LogP contribution in [0.3, 0.4) is 0 Å². The van der Waals surface area contributed by atoms with Crippen molar-refractivity contribution in [1.82, 2.24) is 9.55 Å². The number of para-hydroxylation sites is 1. The third kappa shape index (κ3) is 1.88. The van der Waals surface area contributed by atoms with Crippen LogP contribution in [0.5, 0.6) is 0 Å². The number of halogens is 2. The van der Waals surface area contributed by atoms with Crippen LogP contribution < -0.4 is 5.73 Å². The lowest BCUT2D eigenvalue weighted by Gasteiger charge is -2.09. The summed E-state index contributed by atoms with van der Waals surface area (Å²) < 4.78 is 1.68. The molecule has 1 aromatic heterocycles. The number of anilines is 1. The SMILES string of the molecule is N#Cc1cccc2c1nc(N)n2-c1cc(Cl)ccc1Cl. The first-order valence-electron chi connectivity index (χ1n) is 5.74. The van der Waals surface area contributed by atoms with Gasteiger partial charge in [-0.05, 0) is 30.3 Å². The molecule has 0 atom stereocenters. The maximum absolute atomic E-state index is 9.12. The van der Waals surface area contributed by atoms with Gasteiger partial charge in [-0.1, -0.05) is 29.3 Å². The highest BCUT2D eigenvalue weighted by Gasteiger charge is 2.15. The second-order valence-electron chi connectivity index (χ2n) is 4.19. The number of imidazole rings is 1. The molecule has 0 amide bonds. The van der Waals surface area contributed by atoms with Crippen LogP contribution in [0, 0.1) is 11.3 Å². The van der Waals surface area contributed by atoms with Gasteiger partial charge in [0.25, 0.3) is 0 Å². The average molecular weight is 303 g/mol. The molecule has 20 heavy (non-hydrogen) atoms. The third-order valence-corrected chi connectivity index (χ3v) is 3.54. The van der Waals surface area contributed by atoms with Crippen molar-refractivity contribution in [2.45, 2.75) is 0 Å². The molecule has 0 unspecified atom stereocenters. The minimum absolute atomic E-state index is 0.256. The van der Waals surface area contributed by atoms with Gasteiger partial charge >= 0.3 is 0 Å². The molecule has 1 heterocycles. The molecule has 0 bridgehead atoms. The van der Waals surface area contributed by atoms with E-state index in [1.165, 1.54) is 0 Å². The Labute approximate surface area is 125 Å². The second-order valence-corrected chi connectivity index (χ2v) is 5.03. The van der Waals surface area contributed by atoms with Gasteiger partial charge < -0.3 is 5.73 Å². The molecule has 0 saturated heterocycles. The van der Waals surface area contributed by atoms with E-state index in [0.717, 1.165) is 0 Å². The average Bonchev–Trinajstić information content (AvgIpc) is 2.77. The molecule has 6 heteroatoms. The number of aromatic nitrogens is 2. The number of benzene rings is 2. The fraction of sp³-hybridized carbons (Fsp3) is 0. The number of nitrogens with zero attached hydrogens (tertiary/aromatic N) is 3. The van der Waals surface area contributed by atoms with Crippen molar-refractivity contribution in [2.75, 3.05) is 5.73 Å². The maximum Gasteiger partial charge on any atom is 0.206 e. The van der Waals surface area contributed by atoms with Crippen LogP contribution in [0.15, 0.2) is 36.4 Å². The highest BCUT2D eigenvalue weighted by Crippen LogP contribution is 2.31. The molecule has 2 N–H and O–H groups in total. The Morgan fingerprint density at radius 1 is 1.20 bits per heavy atom. The summed E-state index contributed by atoms with van der Waals surface area (Å²) in [5.41, 5.74) is 8.32. The van der Waals surface area contributed by atoms with Gasteiger partial charge in [-0.2, -0.15) is 5.26 Å². The van der Waals surface area contributed by atoms with Crippen LogP contribution in [0.2, 0.25) is 10.0 Å². The van der Waals surface area contributed by atoms with E-state index in [1.54, 1.807) is 34.9 Å². The first-order chi connectivity index (χ1) is 9.61. The minimum atomic E-state index is 0.256. The summed E-state index contributed by atoms with van der Waals surface area (Å²) in [5, 5.41) is 10.2. The summed E-state index contributed by atoms with van der Waals surface area (Å²) in [7, 11) is 0. The summed E-state index contributed by atoms with van der Waals surface area (Å²) in [4.78, 5) is 4.25. The minimum Gasteiger partial charge on any atom is -0.369 e. The molecule has 4 nitrogen and oxygen atoms in total. The number of hydrogen-bond donors (Lipinski definition) is 1. The molecule has 0 aliphatic rings. The number of fused-ring (bicyclic) bond motifs is 1. The van der Waals surface area contributed by atoms with Crippen molar-refractivity contribution in [2.24, 2.45) is 0 Å². The van der Waals surface area contributed by atoms with Gasteiger partial charge in [-0.25, -0.2) is 4.98 Å². The summed E-state index contributed by atoms with van der Waals surface area (Å²) in [6.07, 6.45) is 0. The van der Waals surface area contributed by atoms with Crippen molar-refractivity contribution in [3.8, 4) is 11.8 Å².